The fourth-order valence-electron chi connectivity index (χ4n) is 2.44. The van der Waals surface area contributed by atoms with Gasteiger partial charge in [0.2, 0.25) is 0 Å². The highest BCUT2D eigenvalue weighted by atomic mass is 16.5. The quantitative estimate of drug-likeness (QED) is 0.843. The standard InChI is InChI=1S/C16H23N3O/c1-4-17-15(14-11-18-19(5-2)12-14)16(20-3)13-9-7-6-8-10-13/h6-12,15-17H,4-5H2,1-3H3. The molecule has 0 aliphatic rings. The minimum absolute atomic E-state index is 0.0225. The van der Waals surface area contributed by atoms with Gasteiger partial charge in [-0.2, -0.15) is 5.10 Å². The number of hydrogen-bond donors (Lipinski definition) is 1. The van der Waals surface area contributed by atoms with Gasteiger partial charge in [-0.05, 0) is 19.0 Å². The molecular weight excluding hydrogens is 250 g/mol. The number of rotatable bonds is 7. The average molecular weight is 273 g/mol. The van der Waals surface area contributed by atoms with E-state index in [1.807, 2.05) is 29.1 Å². The smallest absolute Gasteiger partial charge is 0.102 e. The zero-order valence-corrected chi connectivity index (χ0v) is 12.4. The summed E-state index contributed by atoms with van der Waals surface area (Å²) in [5.74, 6) is 0. The van der Waals surface area contributed by atoms with Gasteiger partial charge < -0.3 is 10.1 Å². The second kappa shape index (κ2) is 7.22. The van der Waals surface area contributed by atoms with Crippen LogP contribution in [0.25, 0.3) is 0 Å². The Morgan fingerprint density at radius 3 is 2.50 bits per heavy atom. The number of methoxy groups -OCH3 is 1. The fourth-order valence-corrected chi connectivity index (χ4v) is 2.44. The predicted octanol–water partition coefficient (Wildman–Crippen LogP) is 2.94. The molecule has 0 fully saturated rings. The van der Waals surface area contributed by atoms with Crippen molar-refractivity contribution in [3.63, 3.8) is 0 Å². The molecule has 4 heteroatoms. The lowest BCUT2D eigenvalue weighted by molar-refractivity contribution is 0.0681. The van der Waals surface area contributed by atoms with E-state index < -0.39 is 0 Å². The summed E-state index contributed by atoms with van der Waals surface area (Å²) in [6.07, 6.45) is 3.99. The minimum Gasteiger partial charge on any atom is -0.375 e. The first kappa shape index (κ1) is 14.8. The molecule has 0 amide bonds. The summed E-state index contributed by atoms with van der Waals surface area (Å²) in [4.78, 5) is 0. The third-order valence-electron chi connectivity index (χ3n) is 3.45. The van der Waals surface area contributed by atoms with E-state index in [2.05, 4.69) is 42.6 Å². The van der Waals surface area contributed by atoms with Gasteiger partial charge in [-0.1, -0.05) is 37.3 Å². The number of hydrogen-bond acceptors (Lipinski definition) is 3. The molecule has 2 aromatic rings. The van der Waals surface area contributed by atoms with E-state index in [4.69, 9.17) is 4.74 Å². The molecule has 0 radical (unpaired) electrons. The molecule has 0 saturated heterocycles. The molecule has 0 aliphatic carbocycles. The van der Waals surface area contributed by atoms with Crippen molar-refractivity contribution in [3.8, 4) is 0 Å². The maximum atomic E-state index is 5.75. The Balaban J connectivity index is 2.30. The molecule has 4 nitrogen and oxygen atoms in total. The van der Waals surface area contributed by atoms with Gasteiger partial charge in [-0.3, -0.25) is 4.68 Å². The lowest BCUT2D eigenvalue weighted by Crippen LogP contribution is -2.27. The largest absolute Gasteiger partial charge is 0.375 e. The molecule has 0 spiro atoms. The summed E-state index contributed by atoms with van der Waals surface area (Å²) in [6.45, 7) is 5.95. The highest BCUT2D eigenvalue weighted by Crippen LogP contribution is 2.31. The first-order valence-corrected chi connectivity index (χ1v) is 7.13. The van der Waals surface area contributed by atoms with Crippen LogP contribution in [-0.4, -0.2) is 23.4 Å². The third-order valence-corrected chi connectivity index (χ3v) is 3.45. The highest BCUT2D eigenvalue weighted by molar-refractivity contribution is 5.23. The minimum atomic E-state index is -0.0225. The number of aryl methyl sites for hydroxylation is 1. The Bertz CT molecular complexity index is 509. The molecule has 0 saturated carbocycles. The van der Waals surface area contributed by atoms with Gasteiger partial charge in [-0.15, -0.1) is 0 Å². The van der Waals surface area contributed by atoms with Gasteiger partial charge in [-0.25, -0.2) is 0 Å². The van der Waals surface area contributed by atoms with E-state index in [0.29, 0.717) is 0 Å². The molecule has 0 bridgehead atoms. The van der Waals surface area contributed by atoms with Crippen LogP contribution in [0.5, 0.6) is 0 Å². The predicted molar refractivity (Wildman–Crippen MR) is 80.5 cm³/mol. The Hall–Kier alpha value is -1.65. The van der Waals surface area contributed by atoms with Crippen LogP contribution in [0.3, 0.4) is 0 Å². The molecule has 1 heterocycles. The van der Waals surface area contributed by atoms with Crippen molar-refractivity contribution in [2.75, 3.05) is 13.7 Å². The topological polar surface area (TPSA) is 39.1 Å². The average Bonchev–Trinajstić information content (AvgIpc) is 2.97. The van der Waals surface area contributed by atoms with Gasteiger partial charge >= 0.3 is 0 Å². The summed E-state index contributed by atoms with van der Waals surface area (Å²) in [5.41, 5.74) is 2.33. The third kappa shape index (κ3) is 3.26. The van der Waals surface area contributed by atoms with Gasteiger partial charge in [0.05, 0.1) is 12.2 Å². The Labute approximate surface area is 120 Å². The summed E-state index contributed by atoms with van der Waals surface area (Å²) >= 11 is 0. The van der Waals surface area contributed by atoms with Crippen molar-refractivity contribution in [1.82, 2.24) is 15.1 Å². The molecule has 1 aromatic heterocycles. The van der Waals surface area contributed by atoms with Crippen molar-refractivity contribution in [3.05, 3.63) is 53.9 Å². The number of nitrogens with zero attached hydrogens (tertiary/aromatic N) is 2. The first-order chi connectivity index (χ1) is 9.80. The van der Waals surface area contributed by atoms with Crippen molar-refractivity contribution in [1.29, 1.82) is 0 Å². The van der Waals surface area contributed by atoms with E-state index in [-0.39, 0.29) is 12.1 Å². The zero-order valence-electron chi connectivity index (χ0n) is 12.4. The zero-order chi connectivity index (χ0) is 14.4. The maximum Gasteiger partial charge on any atom is 0.102 e. The second-order valence-corrected chi connectivity index (χ2v) is 4.73. The molecule has 1 aromatic carbocycles. The van der Waals surface area contributed by atoms with Crippen molar-refractivity contribution >= 4 is 0 Å². The molecule has 2 unspecified atom stereocenters. The Morgan fingerprint density at radius 1 is 1.20 bits per heavy atom. The number of benzene rings is 1. The number of nitrogens with one attached hydrogen (secondary N) is 1. The Morgan fingerprint density at radius 2 is 1.95 bits per heavy atom. The SMILES string of the molecule is CCNC(c1cnn(CC)c1)C(OC)c1ccccc1. The molecule has 2 rings (SSSR count). The van der Waals surface area contributed by atoms with Crippen LogP contribution in [-0.2, 0) is 11.3 Å². The highest BCUT2D eigenvalue weighted by Gasteiger charge is 2.25. The first-order valence-electron chi connectivity index (χ1n) is 7.13. The monoisotopic (exact) mass is 273 g/mol. The number of aromatic nitrogens is 2. The van der Waals surface area contributed by atoms with E-state index >= 15 is 0 Å². The van der Waals surface area contributed by atoms with Crippen molar-refractivity contribution < 1.29 is 4.74 Å². The molecule has 108 valence electrons. The van der Waals surface area contributed by atoms with Crippen molar-refractivity contribution in [2.45, 2.75) is 32.5 Å². The molecular formula is C16H23N3O. The van der Waals surface area contributed by atoms with E-state index in [0.717, 1.165) is 18.7 Å². The van der Waals surface area contributed by atoms with Crippen LogP contribution < -0.4 is 5.32 Å². The van der Waals surface area contributed by atoms with Gasteiger partial charge in [0.1, 0.15) is 6.10 Å². The summed E-state index contributed by atoms with van der Waals surface area (Å²) in [5, 5.41) is 7.88. The summed E-state index contributed by atoms with van der Waals surface area (Å²) in [6, 6.07) is 10.4. The fraction of sp³-hybridized carbons (Fsp3) is 0.438. The number of likely N-dealkylation sites (N-methyl/N-ethyl adjacent to an activating group) is 1. The molecule has 2 atom stereocenters. The molecule has 20 heavy (non-hydrogen) atoms. The van der Waals surface area contributed by atoms with E-state index in [9.17, 15) is 0 Å². The molecule has 1 N–H and O–H groups in total. The lowest BCUT2D eigenvalue weighted by Gasteiger charge is -2.26. The van der Waals surface area contributed by atoms with Crippen LogP contribution in [0.15, 0.2) is 42.7 Å². The summed E-state index contributed by atoms with van der Waals surface area (Å²) < 4.78 is 7.69. The van der Waals surface area contributed by atoms with Crippen molar-refractivity contribution in [2.24, 2.45) is 0 Å². The van der Waals surface area contributed by atoms with Gasteiger partial charge in [0.25, 0.3) is 0 Å². The van der Waals surface area contributed by atoms with E-state index in [1.165, 1.54) is 5.56 Å². The van der Waals surface area contributed by atoms with Gasteiger partial charge in [0.15, 0.2) is 0 Å². The van der Waals surface area contributed by atoms with Crippen LogP contribution in [0.1, 0.15) is 37.1 Å². The van der Waals surface area contributed by atoms with Crippen LogP contribution in [0.2, 0.25) is 0 Å². The number of ether oxygens (including phenoxy) is 1. The molecule has 0 aliphatic heterocycles. The van der Waals surface area contributed by atoms with Gasteiger partial charge in [0, 0.05) is 25.4 Å². The maximum absolute atomic E-state index is 5.75. The van der Waals surface area contributed by atoms with Crippen LogP contribution in [0, 0.1) is 0 Å². The second-order valence-electron chi connectivity index (χ2n) is 4.73. The Kier molecular flexibility index (Phi) is 5.32. The van der Waals surface area contributed by atoms with E-state index in [1.54, 1.807) is 7.11 Å². The van der Waals surface area contributed by atoms with Crippen LogP contribution >= 0.6 is 0 Å². The van der Waals surface area contributed by atoms with Crippen LogP contribution in [0.4, 0.5) is 0 Å². The summed E-state index contributed by atoms with van der Waals surface area (Å²) in [7, 11) is 1.76. The normalized spacial score (nSPS) is 14.2. The lowest BCUT2D eigenvalue weighted by atomic mass is 9.97.